The molecule has 0 bridgehead atoms. The van der Waals surface area contributed by atoms with Crippen LogP contribution in [-0.4, -0.2) is 128 Å². The first-order chi connectivity index (χ1) is 13.2. The predicted octanol–water partition coefficient (Wildman–Crippen LogP) is -0.0392. The number of benzene rings is 4. The van der Waals surface area contributed by atoms with E-state index in [0.717, 1.165) is 24.3 Å². The number of hydrogen-bond donors (Lipinski definition) is 4. The first kappa shape index (κ1) is 30.5. The second-order valence-corrected chi connectivity index (χ2v) is 10.5. The molecule has 0 spiro atoms. The Labute approximate surface area is 249 Å². The van der Waals surface area contributed by atoms with E-state index in [2.05, 4.69) is 0 Å². The standard InChI is InChI=1S/C16H11NO9S3.3Na.3H/c17-11-5-9-12(27(18,19)20)4-2-8-14(29(24,25)26)6-10-13(28(21,22)23)3-1-7(11)15(10)16(8)9;;;;;;/h1-6H,17H2,(H,18,19,20)(H,21,22,23)(H,24,25,26);;;;;;. The Morgan fingerprint density at radius 1 is 0.531 bits per heavy atom. The van der Waals surface area contributed by atoms with Crippen LogP contribution in [0.1, 0.15) is 0 Å². The SMILES string of the molecule is Nc1cc2c(S(=O)(=O)O)ccc3c(S(=O)(=O)O)cc4c(S(=O)(=O)O)ccc1c4c32.[NaH].[NaH].[NaH]. The molecule has 0 aliphatic heterocycles. The fourth-order valence-corrected chi connectivity index (χ4v) is 5.65. The van der Waals surface area contributed by atoms with Crippen LogP contribution in [0.2, 0.25) is 0 Å². The Bertz CT molecular complexity index is 1690. The Hall–Kier alpha value is 0.450. The summed E-state index contributed by atoms with van der Waals surface area (Å²) in [5.74, 6) is 0. The van der Waals surface area contributed by atoms with Crippen molar-refractivity contribution in [2.45, 2.75) is 14.7 Å². The van der Waals surface area contributed by atoms with Crippen LogP contribution in [0.3, 0.4) is 0 Å². The van der Waals surface area contributed by atoms with Crippen molar-refractivity contribution >= 4 is 157 Å². The van der Waals surface area contributed by atoms with Crippen LogP contribution in [-0.2, 0) is 30.4 Å². The van der Waals surface area contributed by atoms with Crippen LogP contribution in [0.15, 0.2) is 51.1 Å². The maximum absolute atomic E-state index is 11.9. The van der Waals surface area contributed by atoms with Crippen LogP contribution in [0.4, 0.5) is 5.69 Å². The molecule has 4 rings (SSSR count). The minimum atomic E-state index is -4.89. The summed E-state index contributed by atoms with van der Waals surface area (Å²) in [5, 5.41) is -0.380. The van der Waals surface area contributed by atoms with Crippen LogP contribution < -0.4 is 5.73 Å². The van der Waals surface area contributed by atoms with Gasteiger partial charge in [0.05, 0.1) is 0 Å². The van der Waals surface area contributed by atoms with Crippen molar-refractivity contribution in [3.63, 3.8) is 0 Å². The van der Waals surface area contributed by atoms with Crippen molar-refractivity contribution < 1.29 is 38.9 Å². The summed E-state index contributed by atoms with van der Waals surface area (Å²) in [6.45, 7) is 0. The van der Waals surface area contributed by atoms with Crippen molar-refractivity contribution in [3.05, 3.63) is 36.4 Å². The molecule has 158 valence electrons. The van der Waals surface area contributed by atoms with Crippen LogP contribution >= 0.6 is 0 Å². The summed E-state index contributed by atoms with van der Waals surface area (Å²) < 4.78 is 99.9. The van der Waals surface area contributed by atoms with Gasteiger partial charge >= 0.3 is 88.7 Å². The van der Waals surface area contributed by atoms with E-state index in [9.17, 15) is 38.9 Å². The normalized spacial score (nSPS) is 12.3. The summed E-state index contributed by atoms with van der Waals surface area (Å²) >= 11 is 0. The Morgan fingerprint density at radius 2 is 0.906 bits per heavy atom. The predicted molar refractivity (Wildman–Crippen MR) is 125 cm³/mol. The quantitative estimate of drug-likeness (QED) is 0.121. The number of hydrogen-bond acceptors (Lipinski definition) is 7. The van der Waals surface area contributed by atoms with Crippen molar-refractivity contribution in [2.24, 2.45) is 0 Å². The number of nitrogen functional groups attached to an aromatic ring is 1. The van der Waals surface area contributed by atoms with Crippen LogP contribution in [0, 0.1) is 0 Å². The minimum absolute atomic E-state index is 0. The molecule has 4 aromatic rings. The molecule has 32 heavy (non-hydrogen) atoms. The average molecular weight is 529 g/mol. The molecule has 0 atom stereocenters. The van der Waals surface area contributed by atoms with Gasteiger partial charge in [-0.1, -0.05) is 12.1 Å². The molecule has 0 fully saturated rings. The van der Waals surface area contributed by atoms with Gasteiger partial charge in [-0.15, -0.1) is 0 Å². The van der Waals surface area contributed by atoms with Gasteiger partial charge in [-0.05, 0) is 24.3 Å². The molecular formula is C16H14NNa3O9S3. The zero-order chi connectivity index (χ0) is 21.5. The third kappa shape index (κ3) is 5.03. The van der Waals surface area contributed by atoms with Gasteiger partial charge in [0.2, 0.25) is 0 Å². The van der Waals surface area contributed by atoms with Gasteiger partial charge in [0.15, 0.2) is 0 Å². The molecule has 0 aliphatic rings. The van der Waals surface area contributed by atoms with Crippen molar-refractivity contribution in [2.75, 3.05) is 5.73 Å². The van der Waals surface area contributed by atoms with Crippen molar-refractivity contribution in [1.82, 2.24) is 0 Å². The summed E-state index contributed by atoms with van der Waals surface area (Å²) in [6, 6.07) is 6.32. The number of rotatable bonds is 3. The molecule has 0 saturated heterocycles. The molecular weight excluding hydrogens is 515 g/mol. The van der Waals surface area contributed by atoms with Gasteiger partial charge in [0, 0.05) is 38.0 Å². The molecule has 16 heteroatoms. The Kier molecular flexibility index (Phi) is 9.37. The van der Waals surface area contributed by atoms with Gasteiger partial charge in [-0.3, -0.25) is 13.7 Å². The molecule has 10 nitrogen and oxygen atoms in total. The van der Waals surface area contributed by atoms with E-state index >= 15 is 0 Å². The van der Waals surface area contributed by atoms with Crippen molar-refractivity contribution in [1.29, 1.82) is 0 Å². The Balaban J connectivity index is 0.00000171. The molecule has 0 saturated carbocycles. The summed E-state index contributed by atoms with van der Waals surface area (Å²) in [5.41, 5.74) is 6.00. The van der Waals surface area contributed by atoms with E-state index in [4.69, 9.17) is 5.73 Å². The van der Waals surface area contributed by atoms with E-state index in [-0.39, 0.29) is 127 Å². The monoisotopic (exact) mass is 529 g/mol. The topological polar surface area (TPSA) is 189 Å². The Morgan fingerprint density at radius 3 is 1.34 bits per heavy atom. The molecule has 0 radical (unpaired) electrons. The fraction of sp³-hybridized carbons (Fsp3) is 0. The summed E-state index contributed by atoms with van der Waals surface area (Å²) in [6.07, 6.45) is 0. The molecule has 0 aliphatic carbocycles. The summed E-state index contributed by atoms with van der Waals surface area (Å²) in [4.78, 5) is -1.97. The van der Waals surface area contributed by atoms with Crippen LogP contribution in [0.25, 0.3) is 32.3 Å². The average Bonchev–Trinajstić information content (AvgIpc) is 2.56. The van der Waals surface area contributed by atoms with E-state index in [1.165, 1.54) is 12.1 Å². The third-order valence-corrected chi connectivity index (χ3v) is 7.36. The first-order valence-corrected chi connectivity index (χ1v) is 12.0. The second kappa shape index (κ2) is 9.84. The van der Waals surface area contributed by atoms with E-state index in [1.54, 1.807) is 0 Å². The molecule has 0 unspecified atom stereocenters. The van der Waals surface area contributed by atoms with Crippen molar-refractivity contribution in [3.8, 4) is 0 Å². The molecule has 0 amide bonds. The zero-order valence-electron chi connectivity index (χ0n) is 14.1. The van der Waals surface area contributed by atoms with Gasteiger partial charge in [-0.2, -0.15) is 25.3 Å². The van der Waals surface area contributed by atoms with Gasteiger partial charge in [-0.25, -0.2) is 0 Å². The molecule has 0 aromatic heterocycles. The first-order valence-electron chi connectivity index (χ1n) is 7.67. The molecule has 4 aromatic carbocycles. The van der Waals surface area contributed by atoms with Gasteiger partial charge < -0.3 is 5.73 Å². The van der Waals surface area contributed by atoms with Crippen LogP contribution in [0.5, 0.6) is 0 Å². The van der Waals surface area contributed by atoms with E-state index < -0.39 is 45.0 Å². The number of anilines is 1. The fourth-order valence-electron chi connectivity index (χ4n) is 3.58. The van der Waals surface area contributed by atoms with Gasteiger partial charge in [0.1, 0.15) is 14.7 Å². The molecule has 0 heterocycles. The zero-order valence-corrected chi connectivity index (χ0v) is 16.5. The van der Waals surface area contributed by atoms with E-state index in [0.29, 0.717) is 0 Å². The summed E-state index contributed by atoms with van der Waals surface area (Å²) in [7, 11) is -14.5. The number of nitrogens with two attached hydrogens (primary N) is 1. The van der Waals surface area contributed by atoms with Gasteiger partial charge in [0.25, 0.3) is 30.4 Å². The maximum atomic E-state index is 11.9. The third-order valence-electron chi connectivity index (χ3n) is 4.65. The molecule has 5 N–H and O–H groups in total. The second-order valence-electron chi connectivity index (χ2n) is 6.33. The van der Waals surface area contributed by atoms with E-state index in [1.807, 2.05) is 0 Å².